The lowest BCUT2D eigenvalue weighted by Crippen LogP contribution is -2.27. The molecular formula is C20H19FINO3S. The molecule has 4 rings (SSSR count). The number of halogens is 2. The monoisotopic (exact) mass is 499 g/mol. The number of fused-ring (bicyclic) bond motifs is 1. The quantitative estimate of drug-likeness (QED) is 0.464. The van der Waals surface area contributed by atoms with Crippen LogP contribution in [0.5, 0.6) is 0 Å². The van der Waals surface area contributed by atoms with Crippen LogP contribution in [-0.2, 0) is 17.7 Å². The summed E-state index contributed by atoms with van der Waals surface area (Å²) < 4.78 is 15.2. The van der Waals surface area contributed by atoms with E-state index in [0.717, 1.165) is 33.3 Å². The van der Waals surface area contributed by atoms with Crippen LogP contribution in [0.1, 0.15) is 61.7 Å². The molecule has 142 valence electrons. The highest BCUT2D eigenvalue weighted by Crippen LogP contribution is 2.36. The summed E-state index contributed by atoms with van der Waals surface area (Å²) in [5, 5.41) is 0. The van der Waals surface area contributed by atoms with Crippen molar-refractivity contribution in [2.45, 2.75) is 38.5 Å². The smallest absolute Gasteiger partial charge is 0.276 e. The minimum atomic E-state index is -0.330. The second kappa shape index (κ2) is 7.97. The fourth-order valence-corrected chi connectivity index (χ4v) is 5.10. The molecule has 0 atom stereocenters. The SMILES string of the molecule is O=C1CCCc2c1sc(Cc1ccc(I)cc1F)c2C(=O)NOCC1CC1. The second-order valence-electron chi connectivity index (χ2n) is 7.08. The van der Waals surface area contributed by atoms with E-state index in [2.05, 4.69) is 28.1 Å². The van der Waals surface area contributed by atoms with Crippen molar-refractivity contribution < 1.29 is 18.8 Å². The molecule has 2 aromatic rings. The van der Waals surface area contributed by atoms with Crippen LogP contribution in [0.2, 0.25) is 0 Å². The number of hydroxylamine groups is 1. The molecule has 1 saturated carbocycles. The van der Waals surface area contributed by atoms with E-state index in [1.165, 1.54) is 17.4 Å². The van der Waals surface area contributed by atoms with Crippen molar-refractivity contribution in [1.29, 1.82) is 0 Å². The van der Waals surface area contributed by atoms with Gasteiger partial charge in [-0.3, -0.25) is 14.4 Å². The molecule has 7 heteroatoms. The Morgan fingerprint density at radius 3 is 2.89 bits per heavy atom. The Balaban J connectivity index is 1.64. The Kier molecular flexibility index (Phi) is 5.61. The Bertz CT molecular complexity index is 907. The van der Waals surface area contributed by atoms with Gasteiger partial charge in [-0.15, -0.1) is 11.3 Å². The van der Waals surface area contributed by atoms with Gasteiger partial charge in [0.15, 0.2) is 5.78 Å². The number of thiophene rings is 1. The Hall–Kier alpha value is -1.32. The van der Waals surface area contributed by atoms with E-state index in [9.17, 15) is 14.0 Å². The number of hydrogen-bond acceptors (Lipinski definition) is 4. The van der Waals surface area contributed by atoms with Crippen LogP contribution in [-0.4, -0.2) is 18.3 Å². The van der Waals surface area contributed by atoms with Gasteiger partial charge in [0, 0.05) is 21.3 Å². The summed E-state index contributed by atoms with van der Waals surface area (Å²) in [4.78, 5) is 31.8. The molecule has 0 saturated heterocycles. The normalized spacial score (nSPS) is 16.3. The highest BCUT2D eigenvalue weighted by Gasteiger charge is 2.30. The first kappa shape index (κ1) is 19.0. The highest BCUT2D eigenvalue weighted by atomic mass is 127. The maximum absolute atomic E-state index is 14.3. The zero-order valence-electron chi connectivity index (χ0n) is 14.6. The molecule has 1 aromatic heterocycles. The first-order valence-corrected chi connectivity index (χ1v) is 11.0. The van der Waals surface area contributed by atoms with E-state index in [-0.39, 0.29) is 17.5 Å². The molecular weight excluding hydrogens is 480 g/mol. The molecule has 1 heterocycles. The molecule has 0 unspecified atom stereocenters. The minimum absolute atomic E-state index is 0.0727. The maximum Gasteiger partial charge on any atom is 0.276 e. The second-order valence-corrected chi connectivity index (χ2v) is 9.43. The molecule has 1 fully saturated rings. The van der Waals surface area contributed by atoms with Crippen molar-refractivity contribution in [3.8, 4) is 0 Å². The fourth-order valence-electron chi connectivity index (χ4n) is 3.31. The van der Waals surface area contributed by atoms with Crippen LogP contribution in [0.4, 0.5) is 4.39 Å². The number of rotatable bonds is 6. The number of carbonyl (C=O) groups is 2. The van der Waals surface area contributed by atoms with Gasteiger partial charge in [-0.25, -0.2) is 9.87 Å². The number of ketones is 1. The molecule has 2 aliphatic rings. The van der Waals surface area contributed by atoms with Gasteiger partial charge in [0.2, 0.25) is 0 Å². The molecule has 0 bridgehead atoms. The van der Waals surface area contributed by atoms with E-state index in [4.69, 9.17) is 4.84 Å². The lowest BCUT2D eigenvalue weighted by atomic mass is 9.93. The minimum Gasteiger partial charge on any atom is -0.293 e. The van der Waals surface area contributed by atoms with Crippen molar-refractivity contribution in [3.05, 3.63) is 54.0 Å². The van der Waals surface area contributed by atoms with E-state index in [1.807, 2.05) is 6.07 Å². The summed E-state index contributed by atoms with van der Waals surface area (Å²) in [6.07, 6.45) is 4.50. The van der Waals surface area contributed by atoms with Crippen molar-refractivity contribution in [2.75, 3.05) is 6.61 Å². The third kappa shape index (κ3) is 4.25. The molecule has 1 aromatic carbocycles. The number of carbonyl (C=O) groups excluding carboxylic acids is 2. The summed E-state index contributed by atoms with van der Waals surface area (Å²) in [6.45, 7) is 0.512. The van der Waals surface area contributed by atoms with Crippen molar-refractivity contribution >= 4 is 45.6 Å². The van der Waals surface area contributed by atoms with Gasteiger partial charge < -0.3 is 0 Å². The molecule has 1 N–H and O–H groups in total. The van der Waals surface area contributed by atoms with Gasteiger partial charge in [0.05, 0.1) is 17.0 Å². The van der Waals surface area contributed by atoms with Crippen LogP contribution in [0.15, 0.2) is 18.2 Å². The maximum atomic E-state index is 14.3. The Morgan fingerprint density at radius 1 is 1.33 bits per heavy atom. The lowest BCUT2D eigenvalue weighted by molar-refractivity contribution is 0.0269. The van der Waals surface area contributed by atoms with Gasteiger partial charge >= 0.3 is 0 Å². The van der Waals surface area contributed by atoms with Gasteiger partial charge in [0.25, 0.3) is 5.91 Å². The summed E-state index contributed by atoms with van der Waals surface area (Å²) in [5.41, 5.74) is 4.35. The lowest BCUT2D eigenvalue weighted by Gasteiger charge is -2.13. The van der Waals surface area contributed by atoms with Gasteiger partial charge in [-0.2, -0.15) is 0 Å². The van der Waals surface area contributed by atoms with Crippen LogP contribution < -0.4 is 5.48 Å². The van der Waals surface area contributed by atoms with Crippen molar-refractivity contribution in [2.24, 2.45) is 5.92 Å². The Morgan fingerprint density at radius 2 is 2.15 bits per heavy atom. The van der Waals surface area contributed by atoms with Crippen LogP contribution in [0.3, 0.4) is 0 Å². The number of Topliss-reactive ketones (excluding diaryl/α,β-unsaturated/α-hetero) is 1. The van der Waals surface area contributed by atoms with Crippen LogP contribution in [0, 0.1) is 15.3 Å². The number of nitrogens with one attached hydrogen (secondary N) is 1. The zero-order valence-corrected chi connectivity index (χ0v) is 17.6. The van der Waals surface area contributed by atoms with Crippen LogP contribution in [0.25, 0.3) is 0 Å². The first-order chi connectivity index (χ1) is 13.0. The van der Waals surface area contributed by atoms with Crippen molar-refractivity contribution in [3.63, 3.8) is 0 Å². The largest absolute Gasteiger partial charge is 0.293 e. The highest BCUT2D eigenvalue weighted by molar-refractivity contribution is 14.1. The summed E-state index contributed by atoms with van der Waals surface area (Å²) in [5.74, 6) is -0.0214. The third-order valence-corrected chi connectivity index (χ3v) is 6.88. The summed E-state index contributed by atoms with van der Waals surface area (Å²) >= 11 is 3.39. The molecule has 4 nitrogen and oxygen atoms in total. The topological polar surface area (TPSA) is 55.4 Å². The first-order valence-electron chi connectivity index (χ1n) is 9.06. The predicted octanol–water partition coefficient (Wildman–Crippen LogP) is 4.67. The molecule has 2 aliphatic carbocycles. The molecule has 1 amide bonds. The standard InChI is InChI=1S/C20H19FINO3S/c21-15-9-13(22)7-6-12(15)8-17-18(20(25)23-26-10-11-4-5-11)14-2-1-3-16(24)19(14)27-17/h6-7,9,11H,1-5,8,10H2,(H,23,25). The fraction of sp³-hybridized carbons (Fsp3) is 0.400. The molecule has 0 aliphatic heterocycles. The van der Waals surface area contributed by atoms with E-state index < -0.39 is 0 Å². The molecule has 0 spiro atoms. The van der Waals surface area contributed by atoms with Crippen molar-refractivity contribution in [1.82, 2.24) is 5.48 Å². The van der Waals surface area contributed by atoms with Gasteiger partial charge in [-0.1, -0.05) is 6.07 Å². The third-order valence-electron chi connectivity index (χ3n) is 4.94. The predicted molar refractivity (Wildman–Crippen MR) is 110 cm³/mol. The Labute approximate surface area is 174 Å². The molecule has 27 heavy (non-hydrogen) atoms. The van der Waals surface area contributed by atoms with Gasteiger partial charge in [-0.05, 0) is 77.5 Å². The number of hydrogen-bond donors (Lipinski definition) is 1. The summed E-state index contributed by atoms with van der Waals surface area (Å²) in [6, 6.07) is 5.06. The van der Waals surface area contributed by atoms with Crippen LogP contribution >= 0.6 is 33.9 Å². The van der Waals surface area contributed by atoms with Gasteiger partial charge in [0.1, 0.15) is 5.82 Å². The average molecular weight is 499 g/mol. The molecule has 0 radical (unpaired) electrons. The number of amides is 1. The van der Waals surface area contributed by atoms with E-state index in [0.29, 0.717) is 47.8 Å². The summed E-state index contributed by atoms with van der Waals surface area (Å²) in [7, 11) is 0. The van der Waals surface area contributed by atoms with E-state index >= 15 is 0 Å². The number of benzene rings is 1. The average Bonchev–Trinajstić information content (AvgIpc) is 3.37. The van der Waals surface area contributed by atoms with E-state index in [1.54, 1.807) is 6.07 Å². The zero-order chi connectivity index (χ0) is 19.0.